The summed E-state index contributed by atoms with van der Waals surface area (Å²) in [4.78, 5) is 26.8. The van der Waals surface area contributed by atoms with Gasteiger partial charge in [0.1, 0.15) is 6.04 Å². The summed E-state index contributed by atoms with van der Waals surface area (Å²) in [5.41, 5.74) is 3.39. The molecule has 0 saturated carbocycles. The molecule has 1 atom stereocenters. The molecule has 1 aromatic carbocycles. The van der Waals surface area contributed by atoms with E-state index in [-0.39, 0.29) is 11.8 Å². The minimum absolute atomic E-state index is 0.0336. The van der Waals surface area contributed by atoms with Crippen molar-refractivity contribution in [2.24, 2.45) is 0 Å². The number of rotatable bonds is 5. The summed E-state index contributed by atoms with van der Waals surface area (Å²) in [6.45, 7) is 3.13. The molecule has 1 aliphatic heterocycles. The van der Waals surface area contributed by atoms with Crippen molar-refractivity contribution in [3.8, 4) is 0 Å². The molecule has 1 aliphatic carbocycles. The maximum atomic E-state index is 12.8. The summed E-state index contributed by atoms with van der Waals surface area (Å²) < 4.78 is 0. The molecule has 1 aromatic rings. The van der Waals surface area contributed by atoms with Gasteiger partial charge >= 0.3 is 0 Å². The first-order chi connectivity index (χ1) is 11.7. The highest BCUT2D eigenvalue weighted by Gasteiger charge is 2.35. The standard InChI is InChI=1S/C20H26N2O2/c1-2-22-18(23)14-16-10-6-7-11-17(16)19(22)20(24)21-13-12-15-8-4-3-5-9-15/h6-8,10-11,19H,2-5,9,12-14H2,1H3,(H,21,24)/t19-/m0/s1. The lowest BCUT2D eigenvalue weighted by atomic mass is 9.91. The number of amides is 2. The molecular weight excluding hydrogens is 300 g/mol. The van der Waals surface area contributed by atoms with Crippen LogP contribution in [0.4, 0.5) is 0 Å². The first-order valence-electron chi connectivity index (χ1n) is 9.03. The largest absolute Gasteiger partial charge is 0.354 e. The highest BCUT2D eigenvalue weighted by Crippen LogP contribution is 2.30. The van der Waals surface area contributed by atoms with Gasteiger partial charge in [-0.2, -0.15) is 0 Å². The Hall–Kier alpha value is -2.10. The number of carbonyl (C=O) groups is 2. The van der Waals surface area contributed by atoms with Gasteiger partial charge in [0.25, 0.3) is 0 Å². The van der Waals surface area contributed by atoms with E-state index in [0.717, 1.165) is 30.4 Å². The molecule has 1 heterocycles. The molecule has 0 fully saturated rings. The van der Waals surface area contributed by atoms with Crippen molar-refractivity contribution < 1.29 is 9.59 Å². The molecule has 24 heavy (non-hydrogen) atoms. The molecule has 128 valence electrons. The van der Waals surface area contributed by atoms with E-state index in [0.29, 0.717) is 19.5 Å². The lowest BCUT2D eigenvalue weighted by Gasteiger charge is -2.35. The molecule has 0 spiro atoms. The fourth-order valence-corrected chi connectivity index (χ4v) is 3.75. The van der Waals surface area contributed by atoms with Crippen molar-refractivity contribution in [3.63, 3.8) is 0 Å². The average molecular weight is 326 g/mol. The Bertz CT molecular complexity index is 651. The van der Waals surface area contributed by atoms with E-state index >= 15 is 0 Å². The van der Waals surface area contributed by atoms with Crippen LogP contribution >= 0.6 is 0 Å². The minimum Gasteiger partial charge on any atom is -0.354 e. The smallest absolute Gasteiger partial charge is 0.247 e. The van der Waals surface area contributed by atoms with Crippen molar-refractivity contribution in [1.82, 2.24) is 10.2 Å². The Kier molecular flexibility index (Phi) is 5.34. The number of allylic oxidation sites excluding steroid dienone is 1. The van der Waals surface area contributed by atoms with Crippen molar-refractivity contribution >= 4 is 11.8 Å². The minimum atomic E-state index is -0.493. The van der Waals surface area contributed by atoms with Gasteiger partial charge in [-0.3, -0.25) is 9.59 Å². The third-order valence-corrected chi connectivity index (χ3v) is 5.04. The average Bonchev–Trinajstić information content (AvgIpc) is 2.61. The molecule has 4 nitrogen and oxygen atoms in total. The molecule has 0 bridgehead atoms. The second-order valence-corrected chi connectivity index (χ2v) is 6.61. The van der Waals surface area contributed by atoms with Gasteiger partial charge in [-0.25, -0.2) is 0 Å². The van der Waals surface area contributed by atoms with E-state index in [4.69, 9.17) is 0 Å². The summed E-state index contributed by atoms with van der Waals surface area (Å²) in [5.74, 6) is -0.0277. The van der Waals surface area contributed by atoms with E-state index in [2.05, 4.69) is 11.4 Å². The van der Waals surface area contributed by atoms with Crippen molar-refractivity contribution in [3.05, 3.63) is 47.0 Å². The maximum Gasteiger partial charge on any atom is 0.247 e. The van der Waals surface area contributed by atoms with Gasteiger partial charge in [0.2, 0.25) is 11.8 Å². The van der Waals surface area contributed by atoms with Crippen molar-refractivity contribution in [2.45, 2.75) is 51.5 Å². The Morgan fingerprint density at radius 1 is 1.29 bits per heavy atom. The lowest BCUT2D eigenvalue weighted by Crippen LogP contribution is -2.47. The molecule has 0 radical (unpaired) electrons. The molecule has 1 N–H and O–H groups in total. The van der Waals surface area contributed by atoms with Gasteiger partial charge in [-0.05, 0) is 50.2 Å². The molecule has 3 rings (SSSR count). The molecule has 0 saturated heterocycles. The lowest BCUT2D eigenvalue weighted by molar-refractivity contribution is -0.141. The Morgan fingerprint density at radius 3 is 2.88 bits per heavy atom. The van der Waals surface area contributed by atoms with Gasteiger partial charge < -0.3 is 10.2 Å². The molecule has 0 aromatic heterocycles. The van der Waals surface area contributed by atoms with E-state index in [9.17, 15) is 9.59 Å². The highest BCUT2D eigenvalue weighted by atomic mass is 16.2. The second-order valence-electron chi connectivity index (χ2n) is 6.61. The van der Waals surface area contributed by atoms with Crippen LogP contribution in [0.5, 0.6) is 0 Å². The number of benzene rings is 1. The van der Waals surface area contributed by atoms with Crippen LogP contribution in [-0.2, 0) is 16.0 Å². The topological polar surface area (TPSA) is 49.4 Å². The van der Waals surface area contributed by atoms with Crippen LogP contribution in [0.15, 0.2) is 35.9 Å². The van der Waals surface area contributed by atoms with Gasteiger partial charge in [0, 0.05) is 13.1 Å². The fourth-order valence-electron chi connectivity index (χ4n) is 3.75. The second kappa shape index (κ2) is 7.65. The normalized spacial score (nSPS) is 20.4. The van der Waals surface area contributed by atoms with E-state index in [1.807, 2.05) is 31.2 Å². The molecule has 4 heteroatoms. The van der Waals surface area contributed by atoms with Crippen LogP contribution in [0, 0.1) is 0 Å². The van der Waals surface area contributed by atoms with E-state index < -0.39 is 6.04 Å². The van der Waals surface area contributed by atoms with Gasteiger partial charge in [0.05, 0.1) is 6.42 Å². The van der Waals surface area contributed by atoms with Crippen LogP contribution in [0.1, 0.15) is 56.2 Å². The highest BCUT2D eigenvalue weighted by molar-refractivity contribution is 5.92. The Morgan fingerprint density at radius 2 is 2.12 bits per heavy atom. The molecule has 0 unspecified atom stereocenters. The summed E-state index contributed by atoms with van der Waals surface area (Å²) in [6, 6.07) is 7.30. The predicted octanol–water partition coefficient (Wildman–Crippen LogP) is 3.14. The van der Waals surface area contributed by atoms with Gasteiger partial charge in [0.15, 0.2) is 0 Å². The third-order valence-electron chi connectivity index (χ3n) is 5.04. The van der Waals surface area contributed by atoms with Crippen molar-refractivity contribution in [1.29, 1.82) is 0 Å². The Balaban J connectivity index is 1.69. The first kappa shape index (κ1) is 16.7. The van der Waals surface area contributed by atoms with Crippen LogP contribution < -0.4 is 5.32 Å². The predicted molar refractivity (Wildman–Crippen MR) is 94.5 cm³/mol. The van der Waals surface area contributed by atoms with Gasteiger partial charge in [-0.15, -0.1) is 0 Å². The van der Waals surface area contributed by atoms with Crippen LogP contribution in [0.25, 0.3) is 0 Å². The number of nitrogens with one attached hydrogen (secondary N) is 1. The molecular formula is C20H26N2O2. The van der Waals surface area contributed by atoms with Crippen molar-refractivity contribution in [2.75, 3.05) is 13.1 Å². The maximum absolute atomic E-state index is 12.8. The number of nitrogens with zero attached hydrogens (tertiary/aromatic N) is 1. The summed E-state index contributed by atoms with van der Waals surface area (Å²) in [5, 5.41) is 3.05. The van der Waals surface area contributed by atoms with Crippen LogP contribution in [0.3, 0.4) is 0 Å². The Labute approximate surface area is 143 Å². The van der Waals surface area contributed by atoms with Gasteiger partial charge in [-0.1, -0.05) is 35.9 Å². The zero-order valence-corrected chi connectivity index (χ0v) is 14.4. The number of likely N-dealkylation sites (N-methyl/N-ethyl adjacent to an activating group) is 1. The first-order valence-corrected chi connectivity index (χ1v) is 9.03. The molecule has 2 amide bonds. The molecule has 2 aliphatic rings. The third kappa shape index (κ3) is 3.53. The SMILES string of the molecule is CCN1C(=O)Cc2ccccc2[C@H]1C(=O)NCCC1=CCCCC1. The quantitative estimate of drug-likeness (QED) is 0.845. The monoisotopic (exact) mass is 326 g/mol. The zero-order valence-electron chi connectivity index (χ0n) is 14.4. The van der Waals surface area contributed by atoms with Crippen LogP contribution in [-0.4, -0.2) is 29.8 Å². The van der Waals surface area contributed by atoms with Crippen LogP contribution in [0.2, 0.25) is 0 Å². The number of hydrogen-bond acceptors (Lipinski definition) is 2. The summed E-state index contributed by atoms with van der Waals surface area (Å²) in [6.07, 6.45) is 8.48. The summed E-state index contributed by atoms with van der Waals surface area (Å²) >= 11 is 0. The number of carbonyl (C=O) groups excluding carboxylic acids is 2. The number of fused-ring (bicyclic) bond motifs is 1. The number of hydrogen-bond donors (Lipinski definition) is 1. The van der Waals surface area contributed by atoms with E-state index in [1.54, 1.807) is 4.90 Å². The fraction of sp³-hybridized carbons (Fsp3) is 0.500. The summed E-state index contributed by atoms with van der Waals surface area (Å²) in [7, 11) is 0. The van der Waals surface area contributed by atoms with E-state index in [1.165, 1.54) is 18.4 Å². The zero-order chi connectivity index (χ0) is 16.9.